The SMILES string of the molecule is CC1(O)C=C2CCCCC2(C)CC1. The van der Waals surface area contributed by atoms with Crippen LogP contribution in [0.15, 0.2) is 11.6 Å². The van der Waals surface area contributed by atoms with Gasteiger partial charge in [0.2, 0.25) is 0 Å². The van der Waals surface area contributed by atoms with Gasteiger partial charge < -0.3 is 5.11 Å². The van der Waals surface area contributed by atoms with E-state index in [9.17, 15) is 5.11 Å². The van der Waals surface area contributed by atoms with Crippen molar-refractivity contribution in [3.05, 3.63) is 11.6 Å². The summed E-state index contributed by atoms with van der Waals surface area (Å²) in [6.07, 6.45) is 9.48. The maximum Gasteiger partial charge on any atom is 0.0802 e. The van der Waals surface area contributed by atoms with E-state index in [0.29, 0.717) is 5.41 Å². The topological polar surface area (TPSA) is 20.2 Å². The number of hydrogen-bond acceptors (Lipinski definition) is 1. The lowest BCUT2D eigenvalue weighted by Gasteiger charge is -2.43. The number of aliphatic hydroxyl groups is 1. The van der Waals surface area contributed by atoms with Gasteiger partial charge in [0.1, 0.15) is 0 Å². The molecule has 0 bridgehead atoms. The molecule has 1 saturated carbocycles. The maximum absolute atomic E-state index is 9.95. The zero-order valence-electron chi connectivity index (χ0n) is 8.77. The first-order valence-corrected chi connectivity index (χ1v) is 5.47. The second kappa shape index (κ2) is 2.84. The summed E-state index contributed by atoms with van der Waals surface area (Å²) in [5.41, 5.74) is 1.43. The summed E-state index contributed by atoms with van der Waals surface area (Å²) in [7, 11) is 0. The van der Waals surface area contributed by atoms with Crippen molar-refractivity contribution in [1.82, 2.24) is 0 Å². The molecular formula is C12H20O. The van der Waals surface area contributed by atoms with E-state index < -0.39 is 5.60 Å². The van der Waals surface area contributed by atoms with Crippen LogP contribution >= 0.6 is 0 Å². The Morgan fingerprint density at radius 3 is 2.69 bits per heavy atom. The molecule has 0 aliphatic heterocycles. The zero-order chi connectivity index (χ0) is 9.53. The summed E-state index contributed by atoms with van der Waals surface area (Å²) >= 11 is 0. The summed E-state index contributed by atoms with van der Waals surface area (Å²) in [5, 5.41) is 9.95. The van der Waals surface area contributed by atoms with Crippen LogP contribution in [0.5, 0.6) is 0 Å². The molecule has 1 heteroatoms. The van der Waals surface area contributed by atoms with Crippen LogP contribution in [-0.4, -0.2) is 10.7 Å². The Morgan fingerprint density at radius 2 is 1.92 bits per heavy atom. The molecule has 1 N–H and O–H groups in total. The van der Waals surface area contributed by atoms with Crippen molar-refractivity contribution in [2.24, 2.45) is 5.41 Å². The van der Waals surface area contributed by atoms with Gasteiger partial charge in [-0.2, -0.15) is 0 Å². The number of hydrogen-bond donors (Lipinski definition) is 1. The zero-order valence-corrected chi connectivity index (χ0v) is 8.77. The normalized spacial score (nSPS) is 45.3. The lowest BCUT2D eigenvalue weighted by molar-refractivity contribution is 0.0652. The van der Waals surface area contributed by atoms with Gasteiger partial charge in [-0.3, -0.25) is 0 Å². The molecule has 1 nitrogen and oxygen atoms in total. The van der Waals surface area contributed by atoms with Crippen molar-refractivity contribution in [1.29, 1.82) is 0 Å². The second-order valence-electron chi connectivity index (χ2n) is 5.29. The minimum absolute atomic E-state index is 0.431. The predicted molar refractivity (Wildman–Crippen MR) is 54.5 cm³/mol. The van der Waals surface area contributed by atoms with Gasteiger partial charge >= 0.3 is 0 Å². The lowest BCUT2D eigenvalue weighted by Crippen LogP contribution is -2.35. The third-order valence-electron chi connectivity index (χ3n) is 3.87. The highest BCUT2D eigenvalue weighted by molar-refractivity contribution is 5.23. The molecule has 0 aromatic rings. The van der Waals surface area contributed by atoms with Crippen LogP contribution in [-0.2, 0) is 0 Å². The molecule has 2 unspecified atom stereocenters. The molecule has 0 aromatic heterocycles. The number of allylic oxidation sites excluding steroid dienone is 1. The Kier molecular flexibility index (Phi) is 2.03. The number of rotatable bonds is 0. The van der Waals surface area contributed by atoms with Crippen molar-refractivity contribution in [3.8, 4) is 0 Å². The third-order valence-corrected chi connectivity index (χ3v) is 3.87. The molecule has 0 aromatic carbocycles. The van der Waals surface area contributed by atoms with Gasteiger partial charge in [0.25, 0.3) is 0 Å². The number of fused-ring (bicyclic) bond motifs is 1. The molecule has 0 amide bonds. The molecule has 2 atom stereocenters. The Bertz CT molecular complexity index is 240. The summed E-state index contributed by atoms with van der Waals surface area (Å²) in [5.74, 6) is 0. The molecule has 0 saturated heterocycles. The van der Waals surface area contributed by atoms with Crippen molar-refractivity contribution in [3.63, 3.8) is 0 Å². The van der Waals surface area contributed by atoms with E-state index in [-0.39, 0.29) is 0 Å². The van der Waals surface area contributed by atoms with Crippen LogP contribution in [0.4, 0.5) is 0 Å². The molecule has 2 aliphatic carbocycles. The fraction of sp³-hybridized carbons (Fsp3) is 0.833. The summed E-state index contributed by atoms with van der Waals surface area (Å²) < 4.78 is 0. The molecular weight excluding hydrogens is 160 g/mol. The second-order valence-corrected chi connectivity index (χ2v) is 5.29. The quantitative estimate of drug-likeness (QED) is 0.568. The average molecular weight is 180 g/mol. The van der Waals surface area contributed by atoms with Crippen molar-refractivity contribution < 1.29 is 5.11 Å². The third kappa shape index (κ3) is 1.67. The highest BCUT2D eigenvalue weighted by Gasteiger charge is 2.38. The van der Waals surface area contributed by atoms with E-state index in [1.807, 2.05) is 6.92 Å². The Labute approximate surface area is 80.8 Å². The van der Waals surface area contributed by atoms with Crippen LogP contribution in [0.3, 0.4) is 0 Å². The summed E-state index contributed by atoms with van der Waals surface area (Å²) in [6.45, 7) is 4.31. The first kappa shape index (κ1) is 9.26. The van der Waals surface area contributed by atoms with Gasteiger partial charge in [-0.25, -0.2) is 0 Å². The van der Waals surface area contributed by atoms with E-state index in [1.54, 1.807) is 0 Å². The highest BCUT2D eigenvalue weighted by atomic mass is 16.3. The maximum atomic E-state index is 9.95. The van der Waals surface area contributed by atoms with Crippen LogP contribution in [0, 0.1) is 5.41 Å². The van der Waals surface area contributed by atoms with E-state index in [1.165, 1.54) is 37.7 Å². The van der Waals surface area contributed by atoms with Crippen molar-refractivity contribution in [2.75, 3.05) is 0 Å². The molecule has 0 spiro atoms. The van der Waals surface area contributed by atoms with E-state index >= 15 is 0 Å². The van der Waals surface area contributed by atoms with E-state index in [4.69, 9.17) is 0 Å². The first-order valence-electron chi connectivity index (χ1n) is 5.47. The van der Waals surface area contributed by atoms with Gasteiger partial charge in [0, 0.05) is 0 Å². The van der Waals surface area contributed by atoms with E-state index in [0.717, 1.165) is 6.42 Å². The van der Waals surface area contributed by atoms with Gasteiger partial charge in [0.15, 0.2) is 0 Å². The smallest absolute Gasteiger partial charge is 0.0802 e. The predicted octanol–water partition coefficient (Wildman–Crippen LogP) is 3.04. The van der Waals surface area contributed by atoms with Crippen molar-refractivity contribution in [2.45, 2.75) is 58.0 Å². The fourth-order valence-electron chi connectivity index (χ4n) is 2.80. The lowest BCUT2D eigenvalue weighted by atomic mass is 9.64. The molecule has 2 rings (SSSR count). The van der Waals surface area contributed by atoms with Gasteiger partial charge in [0.05, 0.1) is 5.60 Å². The van der Waals surface area contributed by atoms with Gasteiger partial charge in [-0.05, 0) is 44.4 Å². The Balaban J connectivity index is 2.28. The van der Waals surface area contributed by atoms with Gasteiger partial charge in [-0.15, -0.1) is 0 Å². The Morgan fingerprint density at radius 1 is 1.15 bits per heavy atom. The minimum atomic E-state index is -0.522. The summed E-state index contributed by atoms with van der Waals surface area (Å²) in [4.78, 5) is 0. The van der Waals surface area contributed by atoms with E-state index in [2.05, 4.69) is 13.0 Å². The Hall–Kier alpha value is -0.300. The van der Waals surface area contributed by atoms with Gasteiger partial charge in [-0.1, -0.05) is 25.0 Å². The van der Waals surface area contributed by atoms with Crippen LogP contribution < -0.4 is 0 Å². The summed E-state index contributed by atoms with van der Waals surface area (Å²) in [6, 6.07) is 0. The monoisotopic (exact) mass is 180 g/mol. The molecule has 2 aliphatic rings. The highest BCUT2D eigenvalue weighted by Crippen LogP contribution is 2.48. The standard InChI is InChI=1S/C12H20O/c1-11-6-4-3-5-10(11)9-12(2,13)8-7-11/h9,13H,3-8H2,1-2H3. The molecule has 0 radical (unpaired) electrons. The van der Waals surface area contributed by atoms with Crippen molar-refractivity contribution >= 4 is 0 Å². The molecule has 0 heterocycles. The fourth-order valence-corrected chi connectivity index (χ4v) is 2.80. The minimum Gasteiger partial charge on any atom is -0.386 e. The van der Waals surface area contributed by atoms with Crippen LogP contribution in [0.2, 0.25) is 0 Å². The van der Waals surface area contributed by atoms with Crippen LogP contribution in [0.1, 0.15) is 52.4 Å². The molecule has 1 fully saturated rings. The molecule has 74 valence electrons. The van der Waals surface area contributed by atoms with Crippen LogP contribution in [0.25, 0.3) is 0 Å². The first-order chi connectivity index (χ1) is 6.02. The largest absolute Gasteiger partial charge is 0.386 e. The average Bonchev–Trinajstić information content (AvgIpc) is 2.05. The molecule has 13 heavy (non-hydrogen) atoms.